The standard InChI is InChI=1S/C16H23N3O2S/c1-3-4-5-8-11-21-15-10-7-6-9-13(15)14(20)12-18-19-16(17)22-2/h6-7,9-10,12H,3-5,8,11H2,1-2H3,(H2,17,19)/b18-12-. The lowest BCUT2D eigenvalue weighted by atomic mass is 10.1. The summed E-state index contributed by atoms with van der Waals surface area (Å²) in [5, 5.41) is 7.70. The molecule has 0 fully saturated rings. The van der Waals surface area contributed by atoms with Crippen molar-refractivity contribution < 1.29 is 9.53 Å². The van der Waals surface area contributed by atoms with Crippen molar-refractivity contribution in [3.8, 4) is 5.75 Å². The average molecular weight is 321 g/mol. The predicted molar refractivity (Wildman–Crippen MR) is 94.0 cm³/mol. The van der Waals surface area contributed by atoms with Crippen molar-refractivity contribution in [2.24, 2.45) is 15.9 Å². The van der Waals surface area contributed by atoms with Crippen LogP contribution in [0, 0.1) is 0 Å². The van der Waals surface area contributed by atoms with Gasteiger partial charge in [-0.2, -0.15) is 5.10 Å². The zero-order valence-electron chi connectivity index (χ0n) is 13.1. The number of thioether (sulfide) groups is 1. The third kappa shape index (κ3) is 6.76. The van der Waals surface area contributed by atoms with Crippen molar-refractivity contribution in [3.63, 3.8) is 0 Å². The molecule has 0 heterocycles. The number of amidine groups is 1. The Morgan fingerprint density at radius 2 is 2.09 bits per heavy atom. The van der Waals surface area contributed by atoms with E-state index < -0.39 is 0 Å². The molecule has 0 atom stereocenters. The van der Waals surface area contributed by atoms with Gasteiger partial charge in [0.25, 0.3) is 0 Å². The van der Waals surface area contributed by atoms with E-state index in [2.05, 4.69) is 17.1 Å². The van der Waals surface area contributed by atoms with Gasteiger partial charge in [0.2, 0.25) is 5.78 Å². The van der Waals surface area contributed by atoms with E-state index in [0.29, 0.717) is 23.1 Å². The number of hydrogen-bond donors (Lipinski definition) is 1. The van der Waals surface area contributed by atoms with Crippen LogP contribution in [-0.2, 0) is 0 Å². The molecule has 1 aromatic carbocycles. The Morgan fingerprint density at radius 3 is 2.82 bits per heavy atom. The quantitative estimate of drug-likeness (QED) is 0.248. The van der Waals surface area contributed by atoms with E-state index in [1.54, 1.807) is 24.5 Å². The normalized spacial score (nSPS) is 11.8. The lowest BCUT2D eigenvalue weighted by Crippen LogP contribution is -2.07. The van der Waals surface area contributed by atoms with E-state index >= 15 is 0 Å². The molecule has 0 aromatic heterocycles. The number of rotatable bonds is 9. The van der Waals surface area contributed by atoms with Crippen molar-refractivity contribution in [1.29, 1.82) is 0 Å². The molecule has 120 valence electrons. The first kappa shape index (κ1) is 18.2. The summed E-state index contributed by atoms with van der Waals surface area (Å²) >= 11 is 1.27. The van der Waals surface area contributed by atoms with Crippen LogP contribution in [0.4, 0.5) is 0 Å². The van der Waals surface area contributed by atoms with E-state index in [1.807, 2.05) is 6.07 Å². The van der Waals surface area contributed by atoms with Gasteiger partial charge in [-0.3, -0.25) is 4.79 Å². The van der Waals surface area contributed by atoms with Crippen LogP contribution < -0.4 is 10.5 Å². The molecule has 0 radical (unpaired) electrons. The van der Waals surface area contributed by atoms with Gasteiger partial charge in [-0.05, 0) is 24.8 Å². The summed E-state index contributed by atoms with van der Waals surface area (Å²) in [5.41, 5.74) is 5.98. The zero-order valence-corrected chi connectivity index (χ0v) is 13.9. The van der Waals surface area contributed by atoms with Crippen LogP contribution in [0.25, 0.3) is 0 Å². The molecule has 0 saturated carbocycles. The maximum atomic E-state index is 12.1. The van der Waals surface area contributed by atoms with Crippen LogP contribution >= 0.6 is 11.8 Å². The predicted octanol–water partition coefficient (Wildman–Crippen LogP) is 3.49. The minimum absolute atomic E-state index is 0.248. The number of carbonyl (C=O) groups is 1. The second-order valence-corrected chi connectivity index (χ2v) is 5.48. The van der Waals surface area contributed by atoms with Crippen molar-refractivity contribution in [2.75, 3.05) is 12.9 Å². The molecular weight excluding hydrogens is 298 g/mol. The molecule has 0 aliphatic heterocycles. The molecule has 0 amide bonds. The van der Waals surface area contributed by atoms with Crippen molar-refractivity contribution >= 4 is 28.9 Å². The minimum Gasteiger partial charge on any atom is -0.493 e. The summed E-state index contributed by atoms with van der Waals surface area (Å²) in [6.07, 6.45) is 7.45. The number of carbonyl (C=O) groups excluding carboxylic acids is 1. The van der Waals surface area contributed by atoms with Crippen molar-refractivity contribution in [2.45, 2.75) is 32.6 Å². The van der Waals surface area contributed by atoms with Gasteiger partial charge < -0.3 is 10.5 Å². The Balaban J connectivity index is 2.64. The number of para-hydroxylation sites is 1. The summed E-state index contributed by atoms with van der Waals surface area (Å²) in [5.74, 6) is 0.332. The first-order chi connectivity index (χ1) is 10.7. The molecule has 6 heteroatoms. The smallest absolute Gasteiger partial charge is 0.209 e. The lowest BCUT2D eigenvalue weighted by Gasteiger charge is -2.09. The van der Waals surface area contributed by atoms with E-state index in [1.165, 1.54) is 24.6 Å². The van der Waals surface area contributed by atoms with E-state index in [-0.39, 0.29) is 5.78 Å². The van der Waals surface area contributed by atoms with Crippen LogP contribution in [-0.4, -0.2) is 30.0 Å². The van der Waals surface area contributed by atoms with Gasteiger partial charge in [-0.1, -0.05) is 50.1 Å². The third-order valence-corrected chi connectivity index (χ3v) is 3.45. The molecule has 0 aliphatic rings. The molecule has 1 rings (SSSR count). The van der Waals surface area contributed by atoms with E-state index in [4.69, 9.17) is 10.5 Å². The summed E-state index contributed by atoms with van der Waals surface area (Å²) < 4.78 is 5.71. The topological polar surface area (TPSA) is 77.0 Å². The summed E-state index contributed by atoms with van der Waals surface area (Å²) in [6.45, 7) is 2.78. The number of nitrogens with two attached hydrogens (primary N) is 1. The highest BCUT2D eigenvalue weighted by atomic mass is 32.2. The number of hydrogen-bond acceptors (Lipinski definition) is 5. The van der Waals surface area contributed by atoms with Gasteiger partial charge >= 0.3 is 0 Å². The maximum Gasteiger partial charge on any atom is 0.209 e. The highest BCUT2D eigenvalue weighted by Gasteiger charge is 2.09. The molecule has 0 unspecified atom stereocenters. The Hall–Kier alpha value is -1.82. The molecule has 22 heavy (non-hydrogen) atoms. The molecular formula is C16H23N3O2S. The monoisotopic (exact) mass is 321 g/mol. The lowest BCUT2D eigenvalue weighted by molar-refractivity contribution is 0.106. The minimum atomic E-state index is -0.248. The highest BCUT2D eigenvalue weighted by Crippen LogP contribution is 2.18. The van der Waals surface area contributed by atoms with Gasteiger partial charge in [0, 0.05) is 0 Å². The molecule has 5 nitrogen and oxygen atoms in total. The number of unbranched alkanes of at least 4 members (excludes halogenated alkanes) is 3. The number of Topliss-reactive ketones (excluding diaryl/α,β-unsaturated/α-hetero) is 1. The number of ketones is 1. The summed E-state index contributed by atoms with van der Waals surface area (Å²) in [4.78, 5) is 12.1. The number of benzene rings is 1. The van der Waals surface area contributed by atoms with Gasteiger partial charge in [-0.15, -0.1) is 5.10 Å². The summed E-state index contributed by atoms with van der Waals surface area (Å²) in [6, 6.07) is 7.15. The Labute approximate surface area is 136 Å². The molecule has 0 bridgehead atoms. The van der Waals surface area contributed by atoms with Gasteiger partial charge in [0.15, 0.2) is 5.17 Å². The molecule has 0 saturated heterocycles. The first-order valence-electron chi connectivity index (χ1n) is 7.35. The van der Waals surface area contributed by atoms with Crippen LogP contribution in [0.15, 0.2) is 34.5 Å². The first-order valence-corrected chi connectivity index (χ1v) is 8.58. The second kappa shape index (κ2) is 10.8. The Bertz CT molecular complexity index is 530. The molecule has 0 aliphatic carbocycles. The van der Waals surface area contributed by atoms with Crippen LogP contribution in [0.1, 0.15) is 43.0 Å². The Morgan fingerprint density at radius 1 is 1.32 bits per heavy atom. The Kier molecular flexibility index (Phi) is 8.98. The molecule has 1 aromatic rings. The fraction of sp³-hybridized carbons (Fsp3) is 0.438. The fourth-order valence-corrected chi connectivity index (χ4v) is 1.88. The molecule has 2 N–H and O–H groups in total. The van der Waals surface area contributed by atoms with Crippen molar-refractivity contribution in [3.05, 3.63) is 29.8 Å². The molecule has 0 spiro atoms. The van der Waals surface area contributed by atoms with Crippen LogP contribution in [0.3, 0.4) is 0 Å². The summed E-state index contributed by atoms with van der Waals surface area (Å²) in [7, 11) is 0. The van der Waals surface area contributed by atoms with Crippen LogP contribution in [0.5, 0.6) is 5.75 Å². The highest BCUT2D eigenvalue weighted by molar-refractivity contribution is 8.13. The van der Waals surface area contributed by atoms with Gasteiger partial charge in [0.05, 0.1) is 18.4 Å². The average Bonchev–Trinajstić information content (AvgIpc) is 2.54. The largest absolute Gasteiger partial charge is 0.493 e. The third-order valence-electron chi connectivity index (χ3n) is 2.95. The maximum absolute atomic E-state index is 12.1. The van der Waals surface area contributed by atoms with E-state index in [0.717, 1.165) is 19.1 Å². The SMILES string of the molecule is CCCCCCOc1ccccc1C(=O)/C=N\N=C(/N)SC. The zero-order chi connectivity index (χ0) is 16.2. The van der Waals surface area contributed by atoms with E-state index in [9.17, 15) is 4.79 Å². The number of ether oxygens (including phenoxy) is 1. The number of nitrogens with zero attached hydrogens (tertiary/aromatic N) is 2. The van der Waals surface area contributed by atoms with Gasteiger partial charge in [0.1, 0.15) is 5.75 Å². The van der Waals surface area contributed by atoms with Gasteiger partial charge in [-0.25, -0.2) is 0 Å². The second-order valence-electron chi connectivity index (χ2n) is 4.66. The van der Waals surface area contributed by atoms with Crippen molar-refractivity contribution in [1.82, 2.24) is 0 Å². The van der Waals surface area contributed by atoms with Crippen LogP contribution in [0.2, 0.25) is 0 Å². The fourth-order valence-electron chi connectivity index (χ4n) is 1.76.